The number of hydrogen-bond acceptors (Lipinski definition) is 6. The van der Waals surface area contributed by atoms with E-state index in [1.165, 1.54) is 12.4 Å². The second kappa shape index (κ2) is 6.32. The van der Waals surface area contributed by atoms with Crippen LogP contribution in [-0.4, -0.2) is 24.6 Å². The van der Waals surface area contributed by atoms with Gasteiger partial charge in [-0.1, -0.05) is 12.8 Å². The Labute approximate surface area is 146 Å². The number of aromatic hydroxyl groups is 1. The van der Waals surface area contributed by atoms with E-state index >= 15 is 0 Å². The molecule has 4 rings (SSSR count). The predicted molar refractivity (Wildman–Crippen MR) is 90.4 cm³/mol. The first-order chi connectivity index (χ1) is 12.5. The maximum Gasteiger partial charge on any atom is 0.270 e. The van der Waals surface area contributed by atoms with Crippen LogP contribution in [0.3, 0.4) is 0 Å². The van der Waals surface area contributed by atoms with E-state index in [-0.39, 0.29) is 23.2 Å². The SMILES string of the molecule is O=c1cnc2cnc(Nc3cc(F)c(O)c(F)c3)nc2n1C1CCCC1. The molecule has 1 aromatic carbocycles. The van der Waals surface area contributed by atoms with Crippen molar-refractivity contribution in [3.63, 3.8) is 0 Å². The second-order valence-corrected chi connectivity index (χ2v) is 6.22. The molecule has 3 aromatic rings. The summed E-state index contributed by atoms with van der Waals surface area (Å²) in [5.41, 5.74) is 0.637. The minimum absolute atomic E-state index is 0.0378. The molecule has 0 bridgehead atoms. The smallest absolute Gasteiger partial charge is 0.270 e. The molecule has 0 unspecified atom stereocenters. The van der Waals surface area contributed by atoms with Gasteiger partial charge in [0.25, 0.3) is 5.56 Å². The van der Waals surface area contributed by atoms with Crippen molar-refractivity contribution in [1.82, 2.24) is 19.5 Å². The Morgan fingerprint density at radius 1 is 1.12 bits per heavy atom. The average molecular weight is 359 g/mol. The molecule has 7 nitrogen and oxygen atoms in total. The summed E-state index contributed by atoms with van der Waals surface area (Å²) in [5.74, 6) is -3.17. The molecule has 2 heterocycles. The zero-order valence-corrected chi connectivity index (χ0v) is 13.6. The first-order valence-corrected chi connectivity index (χ1v) is 8.22. The summed E-state index contributed by atoms with van der Waals surface area (Å²) in [6, 6.07) is 1.91. The molecular formula is C17H15F2N5O2. The fraction of sp³-hybridized carbons (Fsp3) is 0.294. The number of hydrogen-bond donors (Lipinski definition) is 2. The Kier molecular flexibility index (Phi) is 3.98. The molecule has 0 saturated heterocycles. The van der Waals surface area contributed by atoms with E-state index < -0.39 is 17.4 Å². The normalized spacial score (nSPS) is 14.8. The van der Waals surface area contributed by atoms with Crippen molar-refractivity contribution in [3.05, 3.63) is 46.5 Å². The van der Waals surface area contributed by atoms with E-state index in [1.807, 2.05) is 0 Å². The molecule has 2 aromatic heterocycles. The highest BCUT2D eigenvalue weighted by atomic mass is 19.1. The highest BCUT2D eigenvalue weighted by Gasteiger charge is 2.21. The Balaban J connectivity index is 1.77. The Hall–Kier alpha value is -3.10. The zero-order valence-electron chi connectivity index (χ0n) is 13.6. The number of aromatic nitrogens is 4. The standard InChI is InChI=1S/C17H15F2N5O2/c18-11-5-9(6-12(19)15(11)26)22-17-21-7-13-16(23-17)24(14(25)8-20-13)10-3-1-2-4-10/h5-8,10,26H,1-4H2,(H,21,22,23). The number of halogens is 2. The number of phenols is 1. The minimum Gasteiger partial charge on any atom is -0.503 e. The van der Waals surface area contributed by atoms with E-state index in [0.717, 1.165) is 37.8 Å². The average Bonchev–Trinajstić information content (AvgIpc) is 3.13. The van der Waals surface area contributed by atoms with Crippen molar-refractivity contribution in [1.29, 1.82) is 0 Å². The van der Waals surface area contributed by atoms with Crippen molar-refractivity contribution < 1.29 is 13.9 Å². The van der Waals surface area contributed by atoms with Crippen LogP contribution >= 0.6 is 0 Å². The van der Waals surface area contributed by atoms with Gasteiger partial charge in [0, 0.05) is 23.9 Å². The quantitative estimate of drug-likeness (QED) is 0.698. The van der Waals surface area contributed by atoms with Crippen LogP contribution in [0.5, 0.6) is 5.75 Å². The first kappa shape index (κ1) is 16.4. The van der Waals surface area contributed by atoms with Crippen LogP contribution in [0, 0.1) is 11.6 Å². The van der Waals surface area contributed by atoms with Crippen molar-refractivity contribution >= 4 is 22.8 Å². The third-order valence-electron chi connectivity index (χ3n) is 4.49. The minimum atomic E-state index is -1.10. The van der Waals surface area contributed by atoms with Gasteiger partial charge in [-0.3, -0.25) is 9.36 Å². The molecule has 134 valence electrons. The highest BCUT2D eigenvalue weighted by Crippen LogP contribution is 2.30. The maximum absolute atomic E-state index is 13.5. The van der Waals surface area contributed by atoms with Crippen LogP contribution in [0.2, 0.25) is 0 Å². The van der Waals surface area contributed by atoms with Gasteiger partial charge >= 0.3 is 0 Å². The monoisotopic (exact) mass is 359 g/mol. The van der Waals surface area contributed by atoms with Crippen LogP contribution < -0.4 is 10.9 Å². The van der Waals surface area contributed by atoms with Crippen molar-refractivity contribution in [2.75, 3.05) is 5.32 Å². The molecule has 1 saturated carbocycles. The zero-order chi connectivity index (χ0) is 18.3. The summed E-state index contributed by atoms with van der Waals surface area (Å²) in [5, 5.41) is 11.9. The fourth-order valence-electron chi connectivity index (χ4n) is 3.27. The van der Waals surface area contributed by atoms with E-state index in [9.17, 15) is 18.7 Å². The largest absolute Gasteiger partial charge is 0.503 e. The topological polar surface area (TPSA) is 92.9 Å². The molecule has 0 atom stereocenters. The first-order valence-electron chi connectivity index (χ1n) is 8.22. The molecule has 0 radical (unpaired) electrons. The number of anilines is 2. The third kappa shape index (κ3) is 2.85. The van der Waals surface area contributed by atoms with E-state index in [2.05, 4.69) is 20.3 Å². The molecule has 1 aliphatic carbocycles. The van der Waals surface area contributed by atoms with Crippen LogP contribution in [0.1, 0.15) is 31.7 Å². The molecule has 0 aliphatic heterocycles. The molecule has 1 fully saturated rings. The molecule has 0 amide bonds. The lowest BCUT2D eigenvalue weighted by Gasteiger charge is -2.15. The van der Waals surface area contributed by atoms with Gasteiger partial charge in [0.05, 0.1) is 12.4 Å². The summed E-state index contributed by atoms with van der Waals surface area (Å²) in [4.78, 5) is 24.8. The lowest BCUT2D eigenvalue weighted by molar-refractivity contribution is 0.396. The summed E-state index contributed by atoms with van der Waals surface area (Å²) < 4.78 is 28.6. The summed E-state index contributed by atoms with van der Waals surface area (Å²) in [7, 11) is 0. The van der Waals surface area contributed by atoms with Crippen molar-refractivity contribution in [2.45, 2.75) is 31.7 Å². The number of benzene rings is 1. The molecule has 9 heteroatoms. The van der Waals surface area contributed by atoms with Crippen LogP contribution in [0.4, 0.5) is 20.4 Å². The summed E-state index contributed by atoms with van der Waals surface area (Å²) in [6.45, 7) is 0. The predicted octanol–water partition coefficient (Wildman–Crippen LogP) is 3.03. The van der Waals surface area contributed by atoms with Gasteiger partial charge in [0.2, 0.25) is 5.95 Å². The van der Waals surface area contributed by atoms with Crippen molar-refractivity contribution in [2.24, 2.45) is 0 Å². The van der Waals surface area contributed by atoms with Gasteiger partial charge in [-0.2, -0.15) is 4.98 Å². The van der Waals surface area contributed by atoms with Gasteiger partial charge < -0.3 is 10.4 Å². The maximum atomic E-state index is 13.5. The number of fused-ring (bicyclic) bond motifs is 1. The van der Waals surface area contributed by atoms with Gasteiger partial charge in [-0.05, 0) is 12.8 Å². The van der Waals surface area contributed by atoms with Gasteiger partial charge in [-0.25, -0.2) is 18.7 Å². The van der Waals surface area contributed by atoms with Gasteiger partial charge in [0.15, 0.2) is 23.0 Å². The van der Waals surface area contributed by atoms with Gasteiger partial charge in [0.1, 0.15) is 5.52 Å². The van der Waals surface area contributed by atoms with Crippen molar-refractivity contribution in [3.8, 4) is 5.75 Å². The van der Waals surface area contributed by atoms with E-state index in [0.29, 0.717) is 11.2 Å². The van der Waals surface area contributed by atoms with E-state index in [1.54, 1.807) is 4.57 Å². The van der Waals surface area contributed by atoms with Crippen LogP contribution in [0.15, 0.2) is 29.3 Å². The molecule has 2 N–H and O–H groups in total. The van der Waals surface area contributed by atoms with Crippen LogP contribution in [0.25, 0.3) is 11.2 Å². The van der Waals surface area contributed by atoms with Crippen LogP contribution in [-0.2, 0) is 0 Å². The molecule has 1 aliphatic rings. The number of nitrogens with one attached hydrogen (secondary N) is 1. The lowest BCUT2D eigenvalue weighted by atomic mass is 10.2. The summed E-state index contributed by atoms with van der Waals surface area (Å²) >= 11 is 0. The second-order valence-electron chi connectivity index (χ2n) is 6.22. The Bertz CT molecular complexity index is 1020. The molecular weight excluding hydrogens is 344 g/mol. The lowest BCUT2D eigenvalue weighted by Crippen LogP contribution is -2.24. The van der Waals surface area contributed by atoms with Gasteiger partial charge in [-0.15, -0.1) is 0 Å². The molecule has 26 heavy (non-hydrogen) atoms. The molecule has 0 spiro atoms. The fourth-order valence-corrected chi connectivity index (χ4v) is 3.27. The highest BCUT2D eigenvalue weighted by molar-refractivity contribution is 5.71. The number of phenolic OH excluding ortho intramolecular Hbond substituents is 1. The summed E-state index contributed by atoms with van der Waals surface area (Å²) in [6.07, 6.45) is 6.57. The number of nitrogens with zero attached hydrogens (tertiary/aromatic N) is 4. The number of rotatable bonds is 3. The third-order valence-corrected chi connectivity index (χ3v) is 4.49. The van der Waals surface area contributed by atoms with E-state index in [4.69, 9.17) is 0 Å². The Morgan fingerprint density at radius 2 is 1.81 bits per heavy atom. The Morgan fingerprint density at radius 3 is 2.50 bits per heavy atom.